The second kappa shape index (κ2) is 5.61. The van der Waals surface area contributed by atoms with E-state index < -0.39 is 21.4 Å². The highest BCUT2D eigenvalue weighted by molar-refractivity contribution is 7.89. The van der Waals surface area contributed by atoms with Gasteiger partial charge in [-0.2, -0.15) is 0 Å². The van der Waals surface area contributed by atoms with E-state index in [0.717, 1.165) is 0 Å². The number of carboxylic acids is 1. The molecule has 7 nitrogen and oxygen atoms in total. The summed E-state index contributed by atoms with van der Waals surface area (Å²) >= 11 is 6.15. The van der Waals surface area contributed by atoms with Crippen LogP contribution in [0.4, 0.5) is 5.82 Å². The average Bonchev–Trinajstić information content (AvgIpc) is 3.03. The van der Waals surface area contributed by atoms with Gasteiger partial charge in [0.1, 0.15) is 11.2 Å². The highest BCUT2D eigenvalue weighted by Crippen LogP contribution is 2.45. The van der Waals surface area contributed by atoms with E-state index in [1.165, 1.54) is 4.31 Å². The number of halogens is 1. The number of carbonyl (C=O) groups is 1. The molecule has 0 radical (unpaired) electrons. The third kappa shape index (κ3) is 2.58. The minimum atomic E-state index is -3.39. The Morgan fingerprint density at radius 1 is 1.48 bits per heavy atom. The third-order valence-corrected chi connectivity index (χ3v) is 6.89. The number of aliphatic carboxylic acids is 1. The Morgan fingerprint density at radius 2 is 2.22 bits per heavy atom. The molecule has 0 spiro atoms. The lowest BCUT2D eigenvalue weighted by atomic mass is 9.81. The van der Waals surface area contributed by atoms with Gasteiger partial charge < -0.3 is 10.0 Å². The van der Waals surface area contributed by atoms with E-state index in [4.69, 9.17) is 11.6 Å². The predicted octanol–water partition coefficient (Wildman–Crippen LogP) is 0.907. The van der Waals surface area contributed by atoms with Gasteiger partial charge in [0.2, 0.25) is 10.0 Å². The van der Waals surface area contributed by atoms with Crippen molar-refractivity contribution >= 4 is 33.4 Å². The summed E-state index contributed by atoms with van der Waals surface area (Å²) in [4.78, 5) is 18.0. The summed E-state index contributed by atoms with van der Waals surface area (Å²) in [5.74, 6) is -0.718. The maximum Gasteiger partial charge on any atom is 0.313 e. The molecule has 0 amide bonds. The first kappa shape index (κ1) is 16.5. The summed E-state index contributed by atoms with van der Waals surface area (Å²) in [6.45, 7) is 2.43. The minimum absolute atomic E-state index is 0.00409. The Balaban J connectivity index is 1.91. The molecule has 1 aromatic heterocycles. The van der Waals surface area contributed by atoms with Gasteiger partial charge in [-0.25, -0.2) is 17.7 Å². The molecule has 23 heavy (non-hydrogen) atoms. The second-order valence-electron chi connectivity index (χ2n) is 6.04. The van der Waals surface area contributed by atoms with E-state index in [2.05, 4.69) is 4.98 Å². The van der Waals surface area contributed by atoms with Gasteiger partial charge in [0.25, 0.3) is 0 Å². The van der Waals surface area contributed by atoms with Crippen molar-refractivity contribution in [3.8, 4) is 0 Å². The van der Waals surface area contributed by atoms with Crippen LogP contribution in [-0.2, 0) is 14.8 Å². The van der Waals surface area contributed by atoms with Crippen LogP contribution in [-0.4, -0.2) is 60.7 Å². The standard InChI is InChI=1S/C14H18ClN3O4S/c1-2-23(21,22)18-7-10-6-17(8-14(10,9-18)13(19)20)12-11(15)4-3-5-16-12/h3-5,10H,2,6-9H2,1H3,(H,19,20)/t10-,14-/m0/s1. The molecule has 2 saturated heterocycles. The smallest absolute Gasteiger partial charge is 0.313 e. The molecule has 0 unspecified atom stereocenters. The van der Waals surface area contributed by atoms with Crippen LogP contribution in [0.1, 0.15) is 6.92 Å². The van der Waals surface area contributed by atoms with Crippen molar-refractivity contribution in [3.63, 3.8) is 0 Å². The second-order valence-corrected chi connectivity index (χ2v) is 8.71. The maximum atomic E-state index is 12.1. The van der Waals surface area contributed by atoms with Crippen molar-refractivity contribution in [3.05, 3.63) is 23.4 Å². The lowest BCUT2D eigenvalue weighted by Crippen LogP contribution is -2.42. The quantitative estimate of drug-likeness (QED) is 0.859. The summed E-state index contributed by atoms with van der Waals surface area (Å²) in [5.41, 5.74) is -1.11. The van der Waals surface area contributed by atoms with Gasteiger partial charge in [-0.05, 0) is 19.1 Å². The first-order valence-electron chi connectivity index (χ1n) is 7.37. The summed E-state index contributed by atoms with van der Waals surface area (Å²) in [6, 6.07) is 3.42. The molecule has 0 saturated carbocycles. The molecule has 1 aromatic rings. The van der Waals surface area contributed by atoms with Crippen LogP contribution in [0, 0.1) is 11.3 Å². The zero-order valence-corrected chi connectivity index (χ0v) is 14.2. The highest BCUT2D eigenvalue weighted by atomic mass is 35.5. The lowest BCUT2D eigenvalue weighted by Gasteiger charge is -2.25. The normalized spacial score (nSPS) is 28.1. The van der Waals surface area contributed by atoms with Gasteiger partial charge in [-0.1, -0.05) is 11.6 Å². The van der Waals surface area contributed by atoms with Crippen LogP contribution in [0.25, 0.3) is 0 Å². The largest absolute Gasteiger partial charge is 0.481 e. The molecular weight excluding hydrogens is 342 g/mol. The Kier molecular flexibility index (Phi) is 4.02. The summed E-state index contributed by atoms with van der Waals surface area (Å²) in [7, 11) is -3.39. The van der Waals surface area contributed by atoms with Gasteiger partial charge in [0.05, 0.1) is 10.8 Å². The van der Waals surface area contributed by atoms with E-state index in [0.29, 0.717) is 17.4 Å². The van der Waals surface area contributed by atoms with Crippen molar-refractivity contribution in [1.29, 1.82) is 0 Å². The molecule has 126 valence electrons. The van der Waals surface area contributed by atoms with E-state index in [1.54, 1.807) is 25.3 Å². The van der Waals surface area contributed by atoms with E-state index >= 15 is 0 Å². The minimum Gasteiger partial charge on any atom is -0.481 e. The first-order valence-corrected chi connectivity index (χ1v) is 9.35. The summed E-state index contributed by atoms with van der Waals surface area (Å²) in [5, 5.41) is 10.2. The first-order chi connectivity index (χ1) is 10.8. The van der Waals surface area contributed by atoms with Gasteiger partial charge in [0, 0.05) is 38.3 Å². The van der Waals surface area contributed by atoms with Crippen molar-refractivity contribution in [2.75, 3.05) is 36.8 Å². The average molecular weight is 360 g/mol. The van der Waals surface area contributed by atoms with Crippen molar-refractivity contribution in [1.82, 2.24) is 9.29 Å². The van der Waals surface area contributed by atoms with Crippen LogP contribution in [0.2, 0.25) is 5.02 Å². The number of pyridine rings is 1. The van der Waals surface area contributed by atoms with Gasteiger partial charge in [0.15, 0.2) is 0 Å². The number of nitrogens with zero attached hydrogens (tertiary/aromatic N) is 3. The highest BCUT2D eigenvalue weighted by Gasteiger charge is 2.59. The number of hydrogen-bond acceptors (Lipinski definition) is 5. The van der Waals surface area contributed by atoms with E-state index in [-0.39, 0.29) is 31.3 Å². The molecule has 9 heteroatoms. The molecule has 2 atom stereocenters. The summed E-state index contributed by atoms with van der Waals surface area (Å²) < 4.78 is 25.5. The third-order valence-electron chi connectivity index (χ3n) is 4.80. The van der Waals surface area contributed by atoms with Gasteiger partial charge in [-0.3, -0.25) is 4.79 Å². The molecule has 2 fully saturated rings. The Hall–Kier alpha value is -1.38. The number of hydrogen-bond donors (Lipinski definition) is 1. The molecule has 0 aliphatic carbocycles. The molecular formula is C14H18ClN3O4S. The maximum absolute atomic E-state index is 12.1. The van der Waals surface area contributed by atoms with E-state index in [1.807, 2.05) is 4.90 Å². The molecule has 3 heterocycles. The number of rotatable bonds is 4. The molecule has 2 aliphatic heterocycles. The number of fused-ring (bicyclic) bond motifs is 1. The Bertz CT molecular complexity index is 741. The lowest BCUT2D eigenvalue weighted by molar-refractivity contribution is -0.148. The zero-order chi connectivity index (χ0) is 16.8. The fourth-order valence-corrected chi connectivity index (χ4v) is 4.93. The molecule has 3 rings (SSSR count). The van der Waals surface area contributed by atoms with Crippen LogP contribution in [0.3, 0.4) is 0 Å². The number of sulfonamides is 1. The van der Waals surface area contributed by atoms with E-state index in [9.17, 15) is 18.3 Å². The van der Waals surface area contributed by atoms with Crippen LogP contribution < -0.4 is 4.90 Å². The fraction of sp³-hybridized carbons (Fsp3) is 0.571. The molecule has 1 N–H and O–H groups in total. The number of aromatic nitrogens is 1. The van der Waals surface area contributed by atoms with Crippen molar-refractivity contribution in [2.45, 2.75) is 6.92 Å². The molecule has 0 bridgehead atoms. The monoisotopic (exact) mass is 359 g/mol. The predicted molar refractivity (Wildman–Crippen MR) is 86.1 cm³/mol. The van der Waals surface area contributed by atoms with Crippen molar-refractivity contribution < 1.29 is 18.3 Å². The summed E-state index contributed by atoms with van der Waals surface area (Å²) in [6.07, 6.45) is 1.61. The van der Waals surface area contributed by atoms with Gasteiger partial charge in [-0.15, -0.1) is 0 Å². The van der Waals surface area contributed by atoms with Crippen LogP contribution >= 0.6 is 11.6 Å². The molecule has 2 aliphatic rings. The zero-order valence-electron chi connectivity index (χ0n) is 12.6. The number of carboxylic acid groups (broad SMARTS) is 1. The van der Waals surface area contributed by atoms with Gasteiger partial charge >= 0.3 is 5.97 Å². The number of anilines is 1. The molecule has 0 aromatic carbocycles. The fourth-order valence-electron chi connectivity index (χ4n) is 3.49. The topological polar surface area (TPSA) is 90.8 Å². The Labute approximate surface area is 139 Å². The van der Waals surface area contributed by atoms with Crippen LogP contribution in [0.5, 0.6) is 0 Å². The van der Waals surface area contributed by atoms with Crippen LogP contribution in [0.15, 0.2) is 18.3 Å². The Morgan fingerprint density at radius 3 is 2.78 bits per heavy atom. The van der Waals surface area contributed by atoms with Crippen molar-refractivity contribution in [2.24, 2.45) is 11.3 Å². The SMILES string of the molecule is CCS(=O)(=O)N1C[C@@H]2CN(c3ncccc3Cl)C[C@]2(C(=O)O)C1.